The molecule has 1 amide bonds. The highest BCUT2D eigenvalue weighted by Gasteiger charge is 2.29. The monoisotopic (exact) mass is 473 g/mol. The van der Waals surface area contributed by atoms with Crippen LogP contribution >= 0.6 is 0 Å². The van der Waals surface area contributed by atoms with Crippen LogP contribution in [-0.2, 0) is 6.54 Å². The van der Waals surface area contributed by atoms with Crippen LogP contribution in [0.2, 0.25) is 0 Å². The van der Waals surface area contributed by atoms with E-state index in [4.69, 9.17) is 0 Å². The number of hydrogen-bond donors (Lipinski definition) is 0. The molecule has 1 saturated heterocycles. The van der Waals surface area contributed by atoms with Crippen molar-refractivity contribution >= 4 is 5.91 Å². The maximum Gasteiger partial charge on any atom is 0.272 e. The molecule has 2 aromatic carbocycles. The Morgan fingerprint density at radius 3 is 2.40 bits per heavy atom. The lowest BCUT2D eigenvalue weighted by molar-refractivity contribution is 0.0540. The molecule has 0 bridgehead atoms. The first-order valence-electron chi connectivity index (χ1n) is 12.7. The summed E-state index contributed by atoms with van der Waals surface area (Å²) in [5.74, 6) is 0.446. The number of aromatic nitrogens is 1. The van der Waals surface area contributed by atoms with Crippen molar-refractivity contribution in [1.29, 1.82) is 0 Å². The van der Waals surface area contributed by atoms with Gasteiger partial charge in [0.2, 0.25) is 0 Å². The predicted molar refractivity (Wildman–Crippen MR) is 140 cm³/mol. The van der Waals surface area contributed by atoms with E-state index in [1.165, 1.54) is 12.5 Å². The van der Waals surface area contributed by atoms with Crippen molar-refractivity contribution in [2.45, 2.75) is 52.6 Å². The van der Waals surface area contributed by atoms with Gasteiger partial charge in [-0.3, -0.25) is 9.78 Å². The van der Waals surface area contributed by atoms with Crippen LogP contribution in [-0.4, -0.2) is 46.4 Å². The molecule has 0 aliphatic carbocycles. The van der Waals surface area contributed by atoms with Gasteiger partial charge in [-0.15, -0.1) is 0 Å². The molecule has 1 fully saturated rings. The van der Waals surface area contributed by atoms with Crippen molar-refractivity contribution in [1.82, 2.24) is 14.8 Å². The van der Waals surface area contributed by atoms with E-state index in [1.807, 2.05) is 54.3 Å². The highest BCUT2D eigenvalue weighted by molar-refractivity contribution is 5.92. The van der Waals surface area contributed by atoms with Gasteiger partial charge in [0, 0.05) is 37.4 Å². The van der Waals surface area contributed by atoms with Crippen molar-refractivity contribution in [3.63, 3.8) is 0 Å². The zero-order chi connectivity index (χ0) is 24.8. The van der Waals surface area contributed by atoms with Crippen LogP contribution in [0.3, 0.4) is 0 Å². The molecule has 2 heterocycles. The third-order valence-corrected chi connectivity index (χ3v) is 6.90. The van der Waals surface area contributed by atoms with E-state index in [0.29, 0.717) is 23.7 Å². The molecule has 1 aliphatic heterocycles. The summed E-state index contributed by atoms with van der Waals surface area (Å²) in [6.45, 7) is 10.2. The van der Waals surface area contributed by atoms with Gasteiger partial charge < -0.3 is 9.80 Å². The van der Waals surface area contributed by atoms with Crippen LogP contribution in [0.5, 0.6) is 0 Å². The largest absolute Gasteiger partial charge is 0.330 e. The van der Waals surface area contributed by atoms with Gasteiger partial charge in [0.15, 0.2) is 0 Å². The molecule has 0 N–H and O–H groups in total. The van der Waals surface area contributed by atoms with E-state index in [1.54, 1.807) is 18.3 Å². The Morgan fingerprint density at radius 1 is 1.06 bits per heavy atom. The van der Waals surface area contributed by atoms with Gasteiger partial charge in [-0.25, -0.2) is 4.39 Å². The predicted octanol–water partition coefficient (Wildman–Crippen LogP) is 6.35. The number of pyridine rings is 1. The molecule has 0 spiro atoms. The Morgan fingerprint density at radius 2 is 1.77 bits per heavy atom. The summed E-state index contributed by atoms with van der Waals surface area (Å²) in [7, 11) is 0. The molecule has 5 heteroatoms. The molecular formula is C30H36FN3O. The Hall–Kier alpha value is -3.05. The van der Waals surface area contributed by atoms with Crippen molar-refractivity contribution < 1.29 is 9.18 Å². The van der Waals surface area contributed by atoms with Crippen molar-refractivity contribution in [2.24, 2.45) is 5.92 Å². The second-order valence-electron chi connectivity index (χ2n) is 10.1. The molecule has 0 radical (unpaired) electrons. The second-order valence-corrected chi connectivity index (χ2v) is 10.1. The Bertz CT molecular complexity index is 1100. The first kappa shape index (κ1) is 25.1. The number of amides is 1. The van der Waals surface area contributed by atoms with Crippen LogP contribution < -0.4 is 0 Å². The Kier molecular flexibility index (Phi) is 8.29. The topological polar surface area (TPSA) is 36.4 Å². The minimum absolute atomic E-state index is 0.0242. The maximum atomic E-state index is 14.2. The number of benzene rings is 2. The molecule has 0 saturated carbocycles. The minimum atomic E-state index is -0.230. The highest BCUT2D eigenvalue weighted by Crippen LogP contribution is 2.25. The second kappa shape index (κ2) is 11.6. The van der Waals surface area contributed by atoms with Gasteiger partial charge >= 0.3 is 0 Å². The lowest BCUT2D eigenvalue weighted by Gasteiger charge is -2.38. The average Bonchev–Trinajstić information content (AvgIpc) is 2.87. The summed E-state index contributed by atoms with van der Waals surface area (Å²) in [6, 6.07) is 18.6. The van der Waals surface area contributed by atoms with Crippen LogP contribution in [0.1, 0.15) is 54.7 Å². The van der Waals surface area contributed by atoms with Crippen LogP contribution in [0, 0.1) is 18.7 Å². The minimum Gasteiger partial charge on any atom is -0.330 e. The number of piperidine rings is 1. The van der Waals surface area contributed by atoms with E-state index in [0.717, 1.165) is 49.2 Å². The standard InChI is InChI=1S/C30H36FN3O/c1-22(2)14-17-33-18-15-26(16-19-33)34(30(35)29-13-8-23(3)20-32-29)21-24-9-11-25(12-10-24)27-6-4-5-7-28(27)31/h4-13,20,22,26H,14-19,21H2,1-3H3. The summed E-state index contributed by atoms with van der Waals surface area (Å²) in [5, 5.41) is 0. The van der Waals surface area contributed by atoms with E-state index in [2.05, 4.69) is 23.7 Å². The summed E-state index contributed by atoms with van der Waals surface area (Å²) in [5.41, 5.74) is 3.98. The molecule has 35 heavy (non-hydrogen) atoms. The van der Waals surface area contributed by atoms with Gasteiger partial charge in [0.05, 0.1) is 0 Å². The molecule has 4 nitrogen and oxygen atoms in total. The summed E-state index contributed by atoms with van der Waals surface area (Å²) in [4.78, 5) is 22.5. The smallest absolute Gasteiger partial charge is 0.272 e. The number of carbonyl (C=O) groups excluding carboxylic acids is 1. The quantitative estimate of drug-likeness (QED) is 0.383. The summed E-state index contributed by atoms with van der Waals surface area (Å²) in [6.07, 6.45) is 4.88. The van der Waals surface area contributed by atoms with Gasteiger partial charge in [0.25, 0.3) is 5.91 Å². The Balaban J connectivity index is 1.51. The normalized spacial score (nSPS) is 14.9. The zero-order valence-electron chi connectivity index (χ0n) is 21.1. The number of rotatable bonds is 8. The van der Waals surface area contributed by atoms with Crippen molar-refractivity contribution in [3.05, 3.63) is 89.5 Å². The van der Waals surface area contributed by atoms with Crippen LogP contribution in [0.15, 0.2) is 66.9 Å². The van der Waals surface area contributed by atoms with E-state index < -0.39 is 0 Å². The SMILES string of the molecule is Cc1ccc(C(=O)N(Cc2ccc(-c3ccccc3F)cc2)C2CCN(CCC(C)C)CC2)nc1. The number of nitrogens with zero attached hydrogens (tertiary/aromatic N) is 3. The highest BCUT2D eigenvalue weighted by atomic mass is 19.1. The van der Waals surface area contributed by atoms with Crippen LogP contribution in [0.4, 0.5) is 4.39 Å². The van der Waals surface area contributed by atoms with Crippen molar-refractivity contribution in [3.8, 4) is 11.1 Å². The molecule has 4 rings (SSSR count). The number of halogens is 1. The van der Waals surface area contributed by atoms with Crippen LogP contribution in [0.25, 0.3) is 11.1 Å². The molecule has 184 valence electrons. The molecule has 3 aromatic rings. The lowest BCUT2D eigenvalue weighted by Crippen LogP contribution is -2.47. The number of aryl methyl sites for hydroxylation is 1. The van der Waals surface area contributed by atoms with Gasteiger partial charge in [-0.1, -0.05) is 62.4 Å². The molecule has 1 aliphatic rings. The number of carbonyl (C=O) groups is 1. The molecule has 0 unspecified atom stereocenters. The number of likely N-dealkylation sites (tertiary alicyclic amines) is 1. The first-order chi connectivity index (χ1) is 16.9. The molecule has 1 aromatic heterocycles. The Labute approximate surface area is 208 Å². The van der Waals surface area contributed by atoms with E-state index in [9.17, 15) is 9.18 Å². The fourth-order valence-electron chi connectivity index (χ4n) is 4.69. The molecule has 0 atom stereocenters. The maximum absolute atomic E-state index is 14.2. The van der Waals surface area contributed by atoms with E-state index in [-0.39, 0.29) is 17.8 Å². The summed E-state index contributed by atoms with van der Waals surface area (Å²) >= 11 is 0. The van der Waals surface area contributed by atoms with Gasteiger partial charge in [0.1, 0.15) is 11.5 Å². The summed E-state index contributed by atoms with van der Waals surface area (Å²) < 4.78 is 14.2. The zero-order valence-corrected chi connectivity index (χ0v) is 21.1. The number of hydrogen-bond acceptors (Lipinski definition) is 3. The lowest BCUT2D eigenvalue weighted by atomic mass is 9.99. The third-order valence-electron chi connectivity index (χ3n) is 6.90. The average molecular weight is 474 g/mol. The fourth-order valence-corrected chi connectivity index (χ4v) is 4.69. The van der Waals surface area contributed by atoms with E-state index >= 15 is 0 Å². The fraction of sp³-hybridized carbons (Fsp3) is 0.400. The van der Waals surface area contributed by atoms with Gasteiger partial charge in [-0.05, 0) is 67.5 Å². The van der Waals surface area contributed by atoms with Crippen molar-refractivity contribution in [2.75, 3.05) is 19.6 Å². The third kappa shape index (κ3) is 6.55. The molecular weight excluding hydrogens is 437 g/mol. The first-order valence-corrected chi connectivity index (χ1v) is 12.7. The van der Waals surface area contributed by atoms with Gasteiger partial charge in [-0.2, -0.15) is 0 Å².